The number of anilines is 1. The Morgan fingerprint density at radius 1 is 0.821 bits per heavy atom. The van der Waals surface area contributed by atoms with Crippen molar-refractivity contribution >= 4 is 11.7 Å². The van der Waals surface area contributed by atoms with Crippen LogP contribution in [0.25, 0.3) is 0 Å². The van der Waals surface area contributed by atoms with Gasteiger partial charge in [0.15, 0.2) is 0 Å². The number of nitrogens with one attached hydrogen (secondary N) is 1. The topological polar surface area (TPSA) is 38.3 Å². The van der Waals surface area contributed by atoms with Gasteiger partial charge in [-0.15, -0.1) is 0 Å². The fourth-order valence-electron chi connectivity index (χ4n) is 3.59. The Kier molecular flexibility index (Phi) is 14.4. The molecule has 0 aliphatic carbocycles. The zero-order valence-corrected chi connectivity index (χ0v) is 18.6. The first kappa shape index (κ1) is 24.5. The van der Waals surface area contributed by atoms with Crippen LogP contribution in [0.15, 0.2) is 24.3 Å². The Morgan fingerprint density at radius 2 is 1.36 bits per heavy atom. The highest BCUT2D eigenvalue weighted by atomic mass is 16.5. The summed E-state index contributed by atoms with van der Waals surface area (Å²) >= 11 is 0. The molecule has 1 atom stereocenters. The summed E-state index contributed by atoms with van der Waals surface area (Å²) < 4.78 is 5.03. The average molecular weight is 390 g/mol. The normalized spacial score (nSPS) is 12.0. The van der Waals surface area contributed by atoms with E-state index in [0.29, 0.717) is 18.2 Å². The molecule has 0 heterocycles. The highest BCUT2D eigenvalue weighted by Gasteiger charge is 2.08. The van der Waals surface area contributed by atoms with Crippen LogP contribution in [0.5, 0.6) is 0 Å². The molecule has 1 N–H and O–H groups in total. The molecule has 0 aliphatic heterocycles. The summed E-state index contributed by atoms with van der Waals surface area (Å²) in [6, 6.07) is 8.15. The molecule has 3 heteroatoms. The summed E-state index contributed by atoms with van der Waals surface area (Å²) in [6.07, 6.45) is 17.6. The van der Waals surface area contributed by atoms with Crippen molar-refractivity contribution in [2.45, 2.75) is 110 Å². The quantitative estimate of drug-likeness (QED) is 0.218. The molecule has 1 unspecified atom stereocenters. The van der Waals surface area contributed by atoms with Crippen molar-refractivity contribution in [3.8, 4) is 0 Å². The molecule has 28 heavy (non-hydrogen) atoms. The number of hydrogen-bond acceptors (Lipinski definition) is 3. The molecule has 1 aromatic rings. The van der Waals surface area contributed by atoms with Crippen LogP contribution in [0.2, 0.25) is 0 Å². The summed E-state index contributed by atoms with van der Waals surface area (Å²) in [5, 5.41) is 3.61. The first-order valence-corrected chi connectivity index (χ1v) is 11.7. The second kappa shape index (κ2) is 16.4. The third-order valence-electron chi connectivity index (χ3n) is 5.42. The average Bonchev–Trinajstić information content (AvgIpc) is 2.71. The van der Waals surface area contributed by atoms with Crippen molar-refractivity contribution in [3.05, 3.63) is 29.8 Å². The van der Waals surface area contributed by atoms with Crippen molar-refractivity contribution in [2.75, 3.05) is 11.9 Å². The van der Waals surface area contributed by atoms with Gasteiger partial charge >= 0.3 is 5.97 Å². The number of ether oxygens (including phenoxy) is 1. The van der Waals surface area contributed by atoms with E-state index in [1.165, 1.54) is 77.0 Å². The van der Waals surface area contributed by atoms with Gasteiger partial charge in [0, 0.05) is 11.7 Å². The third-order valence-corrected chi connectivity index (χ3v) is 5.42. The van der Waals surface area contributed by atoms with Gasteiger partial charge in [-0.3, -0.25) is 0 Å². The van der Waals surface area contributed by atoms with E-state index in [1.54, 1.807) is 0 Å². The molecular weight excluding hydrogens is 346 g/mol. The van der Waals surface area contributed by atoms with Crippen molar-refractivity contribution < 1.29 is 9.53 Å². The van der Waals surface area contributed by atoms with E-state index in [0.717, 1.165) is 12.1 Å². The predicted molar refractivity (Wildman–Crippen MR) is 121 cm³/mol. The molecule has 0 radical (unpaired) electrons. The molecular formula is C25H43NO2. The predicted octanol–water partition coefficient (Wildman–Crippen LogP) is 7.75. The Hall–Kier alpha value is -1.51. The highest BCUT2D eigenvalue weighted by Crippen LogP contribution is 2.17. The lowest BCUT2D eigenvalue weighted by Crippen LogP contribution is -2.18. The molecule has 0 saturated heterocycles. The molecule has 0 fully saturated rings. The van der Waals surface area contributed by atoms with Crippen molar-refractivity contribution in [2.24, 2.45) is 0 Å². The van der Waals surface area contributed by atoms with Gasteiger partial charge in [0.05, 0.1) is 12.2 Å². The van der Waals surface area contributed by atoms with Crippen molar-refractivity contribution in [3.63, 3.8) is 0 Å². The van der Waals surface area contributed by atoms with E-state index in [2.05, 4.69) is 19.2 Å². The number of carbonyl (C=O) groups excluding carboxylic acids is 1. The Morgan fingerprint density at radius 3 is 1.86 bits per heavy atom. The van der Waals surface area contributed by atoms with Crippen LogP contribution in [0, 0.1) is 0 Å². The van der Waals surface area contributed by atoms with Crippen molar-refractivity contribution in [1.29, 1.82) is 0 Å². The van der Waals surface area contributed by atoms with Crippen LogP contribution in [0.4, 0.5) is 5.69 Å². The maximum atomic E-state index is 11.7. The SMILES string of the molecule is CCCCCCCCCCCCCC(CC)Nc1ccc(C(=O)OCC)cc1. The lowest BCUT2D eigenvalue weighted by atomic mass is 10.0. The van der Waals surface area contributed by atoms with Gasteiger partial charge in [0.25, 0.3) is 0 Å². The van der Waals surface area contributed by atoms with Crippen LogP contribution in [-0.2, 0) is 4.74 Å². The minimum absolute atomic E-state index is 0.248. The maximum Gasteiger partial charge on any atom is 0.338 e. The van der Waals surface area contributed by atoms with Crippen LogP contribution in [0.3, 0.4) is 0 Å². The molecule has 160 valence electrons. The Balaban J connectivity index is 2.12. The van der Waals surface area contributed by atoms with E-state index >= 15 is 0 Å². The number of esters is 1. The second-order valence-corrected chi connectivity index (χ2v) is 7.87. The lowest BCUT2D eigenvalue weighted by Gasteiger charge is -2.18. The smallest absolute Gasteiger partial charge is 0.338 e. The second-order valence-electron chi connectivity index (χ2n) is 7.87. The van der Waals surface area contributed by atoms with E-state index in [-0.39, 0.29) is 5.97 Å². The van der Waals surface area contributed by atoms with Gasteiger partial charge in [-0.2, -0.15) is 0 Å². The van der Waals surface area contributed by atoms with E-state index in [1.807, 2.05) is 31.2 Å². The number of carbonyl (C=O) groups is 1. The minimum Gasteiger partial charge on any atom is -0.462 e. The Bertz CT molecular complexity index is 498. The van der Waals surface area contributed by atoms with E-state index in [4.69, 9.17) is 4.74 Å². The molecule has 1 aromatic carbocycles. The van der Waals surface area contributed by atoms with Gasteiger partial charge in [-0.05, 0) is 44.0 Å². The fourth-order valence-corrected chi connectivity index (χ4v) is 3.59. The Labute approximate surface area is 173 Å². The van der Waals surface area contributed by atoms with Gasteiger partial charge < -0.3 is 10.1 Å². The van der Waals surface area contributed by atoms with Crippen molar-refractivity contribution in [1.82, 2.24) is 0 Å². The summed E-state index contributed by atoms with van der Waals surface area (Å²) in [7, 11) is 0. The van der Waals surface area contributed by atoms with Crippen LogP contribution < -0.4 is 5.32 Å². The summed E-state index contributed by atoms with van der Waals surface area (Å²) in [4.78, 5) is 11.7. The summed E-state index contributed by atoms with van der Waals surface area (Å²) in [5.74, 6) is -0.248. The van der Waals surface area contributed by atoms with E-state index < -0.39 is 0 Å². The van der Waals surface area contributed by atoms with Crippen LogP contribution in [0.1, 0.15) is 115 Å². The molecule has 0 saturated carbocycles. The van der Waals surface area contributed by atoms with E-state index in [9.17, 15) is 4.79 Å². The summed E-state index contributed by atoms with van der Waals surface area (Å²) in [6.45, 7) is 6.76. The fraction of sp³-hybridized carbons (Fsp3) is 0.720. The first-order valence-electron chi connectivity index (χ1n) is 11.7. The highest BCUT2D eigenvalue weighted by molar-refractivity contribution is 5.89. The van der Waals surface area contributed by atoms with Crippen LogP contribution in [-0.4, -0.2) is 18.6 Å². The lowest BCUT2D eigenvalue weighted by molar-refractivity contribution is 0.0526. The van der Waals surface area contributed by atoms with Gasteiger partial charge in [0.2, 0.25) is 0 Å². The maximum absolute atomic E-state index is 11.7. The number of benzene rings is 1. The van der Waals surface area contributed by atoms with Gasteiger partial charge in [-0.1, -0.05) is 84.5 Å². The molecule has 1 rings (SSSR count). The zero-order valence-electron chi connectivity index (χ0n) is 18.6. The molecule has 0 amide bonds. The molecule has 3 nitrogen and oxygen atoms in total. The van der Waals surface area contributed by atoms with Gasteiger partial charge in [-0.25, -0.2) is 4.79 Å². The minimum atomic E-state index is -0.248. The van der Waals surface area contributed by atoms with Crippen LogP contribution >= 0.6 is 0 Å². The monoisotopic (exact) mass is 389 g/mol. The molecule has 0 bridgehead atoms. The summed E-state index contributed by atoms with van der Waals surface area (Å²) in [5.41, 5.74) is 1.70. The zero-order chi connectivity index (χ0) is 20.5. The standard InChI is InChI=1S/C25H43NO2/c1-4-7-8-9-10-11-12-13-14-15-16-17-23(5-2)26-24-20-18-22(19-21-24)25(27)28-6-3/h18-21,23,26H,4-17H2,1-3H3. The molecule has 0 spiro atoms. The molecule has 0 aliphatic rings. The third kappa shape index (κ3) is 11.4. The molecule has 0 aromatic heterocycles. The van der Waals surface area contributed by atoms with Gasteiger partial charge in [0.1, 0.15) is 0 Å². The first-order chi connectivity index (χ1) is 13.7. The largest absolute Gasteiger partial charge is 0.462 e. The number of rotatable bonds is 17. The number of unbranched alkanes of at least 4 members (excludes halogenated alkanes) is 10. The number of hydrogen-bond donors (Lipinski definition) is 1.